The molecular weight excluding hydrogens is 404 g/mol. The lowest BCUT2D eigenvalue weighted by atomic mass is 9.79. The zero-order valence-electron chi connectivity index (χ0n) is 17.4. The summed E-state index contributed by atoms with van der Waals surface area (Å²) in [6.07, 6.45) is 0.0111. The molecule has 0 radical (unpaired) electrons. The van der Waals surface area contributed by atoms with E-state index in [1.54, 1.807) is 0 Å². The number of aliphatic hydroxyl groups is 1. The smallest absolute Gasteiger partial charge is 0.406 e. The normalized spacial score (nSPS) is 18.5. The van der Waals surface area contributed by atoms with E-state index in [2.05, 4.69) is 21.4 Å². The van der Waals surface area contributed by atoms with E-state index in [-0.39, 0.29) is 0 Å². The molecule has 7 heteroatoms. The molecule has 2 aromatic carbocycles. The molecular formula is C23H29ClN2O4. The van der Waals surface area contributed by atoms with Crippen molar-refractivity contribution in [1.29, 1.82) is 0 Å². The maximum Gasteiger partial charge on any atom is 0.406 e. The number of carbonyl (C=O) groups excluding carboxylic acids is 1. The Bertz CT molecular complexity index is 870. The molecule has 1 amide bonds. The van der Waals surface area contributed by atoms with Crippen LogP contribution in [0.1, 0.15) is 24.0 Å². The minimum absolute atomic E-state index is 0.384. The highest BCUT2D eigenvalue weighted by Gasteiger charge is 2.42. The van der Waals surface area contributed by atoms with Crippen LogP contribution in [0.3, 0.4) is 0 Å². The monoisotopic (exact) mass is 432 g/mol. The SMILES string of the molecule is COC(=O)NCCC[C@@](O)(c1cccc(Cl)c1-c1cccc(C)c1)[C@H]1CNCCO1. The fourth-order valence-corrected chi connectivity index (χ4v) is 4.22. The van der Waals surface area contributed by atoms with E-state index in [1.807, 2.05) is 43.3 Å². The molecule has 0 bridgehead atoms. The van der Waals surface area contributed by atoms with Gasteiger partial charge in [0.25, 0.3) is 0 Å². The molecule has 2 atom stereocenters. The van der Waals surface area contributed by atoms with Crippen LogP contribution in [0.4, 0.5) is 4.79 Å². The zero-order chi connectivity index (χ0) is 21.6. The molecule has 3 N–H and O–H groups in total. The van der Waals surface area contributed by atoms with Gasteiger partial charge in [0.1, 0.15) is 11.7 Å². The standard InChI is InChI=1S/C23H29ClN2O4/c1-16-6-3-7-17(14-16)21-18(8-4-9-19(21)24)23(28,20-15-25-12-13-30-20)10-5-11-26-22(27)29-2/h3-4,6-9,14,20,25,28H,5,10-13,15H2,1-2H3,(H,26,27)/t20-,23-/m1/s1. The summed E-state index contributed by atoms with van der Waals surface area (Å²) in [5.41, 5.74) is 2.31. The molecule has 1 saturated heterocycles. The van der Waals surface area contributed by atoms with Crippen LogP contribution in [0, 0.1) is 6.92 Å². The number of aryl methyl sites for hydroxylation is 1. The average molecular weight is 433 g/mol. The minimum atomic E-state index is -1.28. The molecule has 0 aromatic heterocycles. The maximum absolute atomic E-state index is 12.0. The zero-order valence-corrected chi connectivity index (χ0v) is 18.2. The van der Waals surface area contributed by atoms with E-state index in [1.165, 1.54) is 7.11 Å². The van der Waals surface area contributed by atoms with Crippen LogP contribution in [0.2, 0.25) is 5.02 Å². The Morgan fingerprint density at radius 3 is 2.87 bits per heavy atom. The quantitative estimate of drug-likeness (QED) is 0.582. The van der Waals surface area contributed by atoms with Crippen molar-refractivity contribution in [3.63, 3.8) is 0 Å². The molecule has 3 rings (SSSR count). The van der Waals surface area contributed by atoms with Crippen LogP contribution >= 0.6 is 11.6 Å². The number of hydrogen-bond donors (Lipinski definition) is 3. The van der Waals surface area contributed by atoms with Gasteiger partial charge in [-0.3, -0.25) is 0 Å². The number of hydrogen-bond acceptors (Lipinski definition) is 5. The van der Waals surface area contributed by atoms with Gasteiger partial charge < -0.3 is 25.2 Å². The van der Waals surface area contributed by atoms with E-state index in [0.717, 1.165) is 28.8 Å². The first-order chi connectivity index (χ1) is 14.5. The number of morpholine rings is 1. The minimum Gasteiger partial charge on any atom is -0.453 e. The van der Waals surface area contributed by atoms with Crippen molar-refractivity contribution in [2.24, 2.45) is 0 Å². The Labute approximate surface area is 182 Å². The van der Waals surface area contributed by atoms with Gasteiger partial charge in [0.2, 0.25) is 0 Å². The van der Waals surface area contributed by atoms with Gasteiger partial charge in [-0.05, 0) is 37.0 Å². The summed E-state index contributed by atoms with van der Waals surface area (Å²) in [5, 5.41) is 18.5. The summed E-state index contributed by atoms with van der Waals surface area (Å²) >= 11 is 6.64. The number of amides is 1. The Hall–Kier alpha value is -2.12. The van der Waals surface area contributed by atoms with Gasteiger partial charge in [-0.25, -0.2) is 4.79 Å². The molecule has 0 spiro atoms. The second-order valence-corrected chi connectivity index (χ2v) is 7.95. The number of benzene rings is 2. The van der Waals surface area contributed by atoms with Gasteiger partial charge in [0.15, 0.2) is 0 Å². The highest BCUT2D eigenvalue weighted by atomic mass is 35.5. The summed E-state index contributed by atoms with van der Waals surface area (Å²) in [6, 6.07) is 13.7. The van der Waals surface area contributed by atoms with Crippen molar-refractivity contribution in [3.8, 4) is 11.1 Å². The highest BCUT2D eigenvalue weighted by molar-refractivity contribution is 6.33. The topological polar surface area (TPSA) is 79.8 Å². The Morgan fingerprint density at radius 2 is 2.17 bits per heavy atom. The highest BCUT2D eigenvalue weighted by Crippen LogP contribution is 2.42. The molecule has 1 aliphatic rings. The van der Waals surface area contributed by atoms with Crippen molar-refractivity contribution in [2.75, 3.05) is 33.4 Å². The van der Waals surface area contributed by atoms with Crippen LogP contribution in [0.5, 0.6) is 0 Å². The second kappa shape index (κ2) is 10.3. The molecule has 0 saturated carbocycles. The van der Waals surface area contributed by atoms with Gasteiger partial charge in [-0.2, -0.15) is 0 Å². The molecule has 1 heterocycles. The Morgan fingerprint density at radius 1 is 1.37 bits per heavy atom. The second-order valence-electron chi connectivity index (χ2n) is 7.54. The van der Waals surface area contributed by atoms with Crippen molar-refractivity contribution in [1.82, 2.24) is 10.6 Å². The van der Waals surface area contributed by atoms with E-state index < -0.39 is 17.8 Å². The van der Waals surface area contributed by atoms with E-state index in [4.69, 9.17) is 16.3 Å². The average Bonchev–Trinajstić information content (AvgIpc) is 2.76. The van der Waals surface area contributed by atoms with Crippen LogP contribution in [-0.2, 0) is 15.1 Å². The fraction of sp³-hybridized carbons (Fsp3) is 0.435. The van der Waals surface area contributed by atoms with Crippen LogP contribution in [0.25, 0.3) is 11.1 Å². The molecule has 1 fully saturated rings. The Balaban J connectivity index is 1.99. The molecule has 0 unspecified atom stereocenters. The third-order valence-corrected chi connectivity index (χ3v) is 5.75. The summed E-state index contributed by atoms with van der Waals surface area (Å²) in [5.74, 6) is 0. The number of methoxy groups -OCH3 is 1. The molecule has 2 aromatic rings. The molecule has 0 aliphatic carbocycles. The van der Waals surface area contributed by atoms with Gasteiger partial charge in [0.05, 0.1) is 13.7 Å². The van der Waals surface area contributed by atoms with Gasteiger partial charge >= 0.3 is 6.09 Å². The molecule has 162 valence electrons. The van der Waals surface area contributed by atoms with Crippen LogP contribution in [0.15, 0.2) is 42.5 Å². The van der Waals surface area contributed by atoms with Gasteiger partial charge in [0, 0.05) is 30.2 Å². The lowest BCUT2D eigenvalue weighted by Gasteiger charge is -2.40. The largest absolute Gasteiger partial charge is 0.453 e. The third kappa shape index (κ3) is 5.13. The first kappa shape index (κ1) is 22.6. The number of ether oxygens (including phenoxy) is 2. The number of alkyl carbamates (subject to hydrolysis) is 1. The summed E-state index contributed by atoms with van der Waals surface area (Å²) in [4.78, 5) is 11.4. The predicted octanol–water partition coefficient (Wildman–Crippen LogP) is 3.63. The van der Waals surface area contributed by atoms with Crippen LogP contribution in [-0.4, -0.2) is 50.7 Å². The number of nitrogens with one attached hydrogen (secondary N) is 2. The van der Waals surface area contributed by atoms with E-state index in [0.29, 0.717) is 37.6 Å². The maximum atomic E-state index is 12.0. The predicted molar refractivity (Wildman–Crippen MR) is 118 cm³/mol. The summed E-state index contributed by atoms with van der Waals surface area (Å²) < 4.78 is 10.6. The fourth-order valence-electron chi connectivity index (χ4n) is 3.94. The lowest BCUT2D eigenvalue weighted by Crippen LogP contribution is -2.52. The van der Waals surface area contributed by atoms with Crippen molar-refractivity contribution >= 4 is 17.7 Å². The molecule has 1 aliphatic heterocycles. The van der Waals surface area contributed by atoms with E-state index >= 15 is 0 Å². The number of carbonyl (C=O) groups is 1. The van der Waals surface area contributed by atoms with Gasteiger partial charge in [-0.15, -0.1) is 0 Å². The van der Waals surface area contributed by atoms with Crippen LogP contribution < -0.4 is 10.6 Å². The molecule has 6 nitrogen and oxygen atoms in total. The number of rotatable bonds is 7. The van der Waals surface area contributed by atoms with E-state index in [9.17, 15) is 9.90 Å². The molecule has 30 heavy (non-hydrogen) atoms. The summed E-state index contributed by atoms with van der Waals surface area (Å²) in [6.45, 7) is 4.21. The number of halogens is 1. The lowest BCUT2D eigenvalue weighted by molar-refractivity contribution is -0.129. The van der Waals surface area contributed by atoms with Gasteiger partial charge in [-0.1, -0.05) is 53.6 Å². The van der Waals surface area contributed by atoms with Crippen molar-refractivity contribution in [2.45, 2.75) is 31.5 Å². The van der Waals surface area contributed by atoms with Crippen molar-refractivity contribution < 1.29 is 19.4 Å². The first-order valence-corrected chi connectivity index (χ1v) is 10.6. The van der Waals surface area contributed by atoms with Crippen molar-refractivity contribution in [3.05, 3.63) is 58.6 Å². The Kier molecular flexibility index (Phi) is 7.72. The summed E-state index contributed by atoms with van der Waals surface area (Å²) in [7, 11) is 1.33. The third-order valence-electron chi connectivity index (χ3n) is 5.44. The first-order valence-electron chi connectivity index (χ1n) is 10.2.